The molecule has 3 aromatic rings. The van der Waals surface area contributed by atoms with Gasteiger partial charge in [-0.05, 0) is 54.8 Å². The largest absolute Gasteiger partial charge is 0.361 e. The average molecular weight is 381 g/mol. The van der Waals surface area contributed by atoms with Crippen LogP contribution in [-0.2, 0) is 0 Å². The zero-order valence-electron chi connectivity index (χ0n) is 14.1. The summed E-state index contributed by atoms with van der Waals surface area (Å²) >= 11 is 7.71. The van der Waals surface area contributed by atoms with Gasteiger partial charge in [0.25, 0.3) is 5.91 Å². The fraction of sp³-hybridized carbons (Fsp3) is 0.0952. The molecule has 0 fully saturated rings. The third-order valence-corrected chi connectivity index (χ3v) is 5.42. The van der Waals surface area contributed by atoms with Crippen LogP contribution >= 0.6 is 23.4 Å². The van der Waals surface area contributed by atoms with Crippen molar-refractivity contribution in [3.8, 4) is 0 Å². The van der Waals surface area contributed by atoms with Crippen LogP contribution in [0.25, 0.3) is 0 Å². The second kappa shape index (κ2) is 7.06. The van der Waals surface area contributed by atoms with Crippen LogP contribution < -0.4 is 10.2 Å². The Morgan fingerprint density at radius 3 is 2.54 bits per heavy atom. The van der Waals surface area contributed by atoms with Crippen LogP contribution in [-0.4, -0.2) is 12.2 Å². The minimum atomic E-state index is -0.267. The van der Waals surface area contributed by atoms with Crippen molar-refractivity contribution in [3.05, 3.63) is 88.9 Å². The number of carbonyl (C=O) groups is 1. The molecule has 1 aliphatic rings. The standard InChI is InChI=1S/C21H17ClN2OS/c1-26-17-6-4-5-15(13-17)23-20-18-7-2-3-8-19(18)21(25)24(20)16-11-9-14(22)10-12-16/h2-13,20,23H,1H3. The van der Waals surface area contributed by atoms with Crippen molar-refractivity contribution in [1.29, 1.82) is 0 Å². The van der Waals surface area contributed by atoms with E-state index in [1.54, 1.807) is 28.8 Å². The number of benzene rings is 3. The number of fused-ring (bicyclic) bond motifs is 1. The zero-order valence-corrected chi connectivity index (χ0v) is 15.7. The molecular weight excluding hydrogens is 364 g/mol. The maximum absolute atomic E-state index is 13.1. The minimum Gasteiger partial charge on any atom is -0.361 e. The Morgan fingerprint density at radius 2 is 1.77 bits per heavy atom. The lowest BCUT2D eigenvalue weighted by atomic mass is 10.1. The minimum absolute atomic E-state index is 0.0126. The van der Waals surface area contributed by atoms with E-state index in [2.05, 4.69) is 17.4 Å². The lowest BCUT2D eigenvalue weighted by Gasteiger charge is -2.27. The molecule has 5 heteroatoms. The fourth-order valence-electron chi connectivity index (χ4n) is 3.20. The first-order valence-corrected chi connectivity index (χ1v) is 9.86. The molecule has 4 rings (SSSR count). The van der Waals surface area contributed by atoms with Crippen LogP contribution in [0.4, 0.5) is 11.4 Å². The summed E-state index contributed by atoms with van der Waals surface area (Å²) in [5.41, 5.74) is 3.49. The van der Waals surface area contributed by atoms with Crippen LogP contribution in [0.15, 0.2) is 77.7 Å². The molecular formula is C21H17ClN2OS. The molecule has 1 aliphatic heterocycles. The molecule has 26 heavy (non-hydrogen) atoms. The highest BCUT2D eigenvalue weighted by Gasteiger charge is 2.37. The summed E-state index contributed by atoms with van der Waals surface area (Å²) in [5, 5.41) is 4.17. The van der Waals surface area contributed by atoms with Crippen molar-refractivity contribution in [2.75, 3.05) is 16.5 Å². The maximum atomic E-state index is 13.1. The van der Waals surface area contributed by atoms with Crippen molar-refractivity contribution in [1.82, 2.24) is 0 Å². The van der Waals surface area contributed by atoms with Crippen molar-refractivity contribution in [2.24, 2.45) is 0 Å². The van der Waals surface area contributed by atoms with E-state index >= 15 is 0 Å². The molecule has 0 saturated heterocycles. The van der Waals surface area contributed by atoms with Crippen molar-refractivity contribution >= 4 is 40.6 Å². The topological polar surface area (TPSA) is 32.3 Å². The number of rotatable bonds is 4. The lowest BCUT2D eigenvalue weighted by Crippen LogP contribution is -2.32. The van der Waals surface area contributed by atoms with Gasteiger partial charge < -0.3 is 5.32 Å². The Balaban J connectivity index is 1.76. The second-order valence-corrected chi connectivity index (χ2v) is 7.33. The van der Waals surface area contributed by atoms with E-state index in [0.29, 0.717) is 5.02 Å². The summed E-state index contributed by atoms with van der Waals surface area (Å²) in [7, 11) is 0. The van der Waals surface area contributed by atoms with Crippen molar-refractivity contribution < 1.29 is 4.79 Å². The molecule has 0 spiro atoms. The number of hydrogen-bond donors (Lipinski definition) is 1. The quantitative estimate of drug-likeness (QED) is 0.577. The monoisotopic (exact) mass is 380 g/mol. The predicted octanol–water partition coefficient (Wildman–Crippen LogP) is 5.83. The number of thioether (sulfide) groups is 1. The molecule has 1 unspecified atom stereocenters. The Hall–Kier alpha value is -2.43. The van der Waals surface area contributed by atoms with Gasteiger partial charge in [0, 0.05) is 32.4 Å². The van der Waals surface area contributed by atoms with E-state index in [0.717, 1.165) is 22.5 Å². The average Bonchev–Trinajstić information content (AvgIpc) is 2.95. The van der Waals surface area contributed by atoms with Gasteiger partial charge >= 0.3 is 0 Å². The van der Waals surface area contributed by atoms with E-state index in [4.69, 9.17) is 11.6 Å². The van der Waals surface area contributed by atoms with Gasteiger partial charge in [0.1, 0.15) is 6.17 Å². The number of nitrogens with zero attached hydrogens (tertiary/aromatic N) is 1. The first-order chi connectivity index (χ1) is 12.7. The van der Waals surface area contributed by atoms with Gasteiger partial charge in [-0.1, -0.05) is 35.9 Å². The van der Waals surface area contributed by atoms with Crippen LogP contribution in [0.3, 0.4) is 0 Å². The SMILES string of the molecule is CSc1cccc(NC2c3ccccc3C(=O)N2c2ccc(Cl)cc2)c1. The van der Waals surface area contributed by atoms with E-state index in [9.17, 15) is 4.79 Å². The molecule has 130 valence electrons. The van der Waals surface area contributed by atoms with Gasteiger partial charge in [0.2, 0.25) is 0 Å². The van der Waals surface area contributed by atoms with Crippen LogP contribution in [0.1, 0.15) is 22.1 Å². The van der Waals surface area contributed by atoms with Gasteiger partial charge in [-0.3, -0.25) is 9.69 Å². The van der Waals surface area contributed by atoms with Crippen LogP contribution in [0.5, 0.6) is 0 Å². The third-order valence-electron chi connectivity index (χ3n) is 4.44. The van der Waals surface area contributed by atoms with Crippen molar-refractivity contribution in [3.63, 3.8) is 0 Å². The summed E-state index contributed by atoms with van der Waals surface area (Å²) < 4.78 is 0. The molecule has 3 aromatic carbocycles. The molecule has 0 saturated carbocycles. The summed E-state index contributed by atoms with van der Waals surface area (Å²) in [6.07, 6.45) is 1.78. The molecule has 0 bridgehead atoms. The number of carbonyl (C=O) groups excluding carboxylic acids is 1. The highest BCUT2D eigenvalue weighted by molar-refractivity contribution is 7.98. The number of nitrogens with one attached hydrogen (secondary N) is 1. The smallest absolute Gasteiger partial charge is 0.260 e. The molecule has 0 radical (unpaired) electrons. The molecule has 1 atom stereocenters. The first kappa shape index (κ1) is 17.0. The van der Waals surface area contributed by atoms with Gasteiger partial charge in [0.05, 0.1) is 0 Å². The van der Waals surface area contributed by atoms with Gasteiger partial charge in [0.15, 0.2) is 0 Å². The van der Waals surface area contributed by atoms with E-state index in [1.165, 1.54) is 4.90 Å². The third kappa shape index (κ3) is 3.06. The summed E-state index contributed by atoms with van der Waals surface area (Å²) in [4.78, 5) is 16.0. The predicted molar refractivity (Wildman–Crippen MR) is 109 cm³/mol. The lowest BCUT2D eigenvalue weighted by molar-refractivity contribution is 0.0993. The second-order valence-electron chi connectivity index (χ2n) is 6.02. The summed E-state index contributed by atoms with van der Waals surface area (Å²) in [5.74, 6) is -0.0126. The number of halogens is 1. The van der Waals surface area contributed by atoms with Crippen molar-refractivity contribution in [2.45, 2.75) is 11.1 Å². The van der Waals surface area contributed by atoms with E-state index in [-0.39, 0.29) is 12.1 Å². The van der Waals surface area contributed by atoms with Crippen LogP contribution in [0, 0.1) is 0 Å². The van der Waals surface area contributed by atoms with E-state index < -0.39 is 0 Å². The molecule has 1 N–H and O–H groups in total. The normalized spacial score (nSPS) is 15.8. The molecule has 3 nitrogen and oxygen atoms in total. The molecule has 1 heterocycles. The molecule has 0 aromatic heterocycles. The highest BCUT2D eigenvalue weighted by atomic mass is 35.5. The number of amides is 1. The Kier molecular flexibility index (Phi) is 4.62. The Bertz CT molecular complexity index is 958. The van der Waals surface area contributed by atoms with Gasteiger partial charge in [-0.15, -0.1) is 11.8 Å². The Labute approximate surface area is 162 Å². The molecule has 0 aliphatic carbocycles. The summed E-state index contributed by atoms with van der Waals surface area (Å²) in [6.45, 7) is 0. The summed E-state index contributed by atoms with van der Waals surface area (Å²) in [6, 6.07) is 23.3. The van der Waals surface area contributed by atoms with Gasteiger partial charge in [-0.2, -0.15) is 0 Å². The van der Waals surface area contributed by atoms with Gasteiger partial charge in [-0.25, -0.2) is 0 Å². The zero-order chi connectivity index (χ0) is 18.1. The number of anilines is 2. The van der Waals surface area contributed by atoms with Crippen LogP contribution in [0.2, 0.25) is 5.02 Å². The highest BCUT2D eigenvalue weighted by Crippen LogP contribution is 2.38. The maximum Gasteiger partial charge on any atom is 0.260 e. The first-order valence-electron chi connectivity index (χ1n) is 8.26. The fourth-order valence-corrected chi connectivity index (χ4v) is 3.78. The Morgan fingerprint density at radius 1 is 1.00 bits per heavy atom. The van der Waals surface area contributed by atoms with E-state index in [1.807, 2.05) is 54.8 Å². The number of hydrogen-bond acceptors (Lipinski definition) is 3. The molecule has 1 amide bonds.